The molecule has 0 bridgehead atoms. The molecule has 0 saturated heterocycles. The summed E-state index contributed by atoms with van der Waals surface area (Å²) < 4.78 is 53.6. The first-order valence-electron chi connectivity index (χ1n) is 19.4. The van der Waals surface area contributed by atoms with Crippen LogP contribution in [0.25, 0.3) is 0 Å². The van der Waals surface area contributed by atoms with Gasteiger partial charge in [0.1, 0.15) is 28.4 Å². The van der Waals surface area contributed by atoms with E-state index in [-0.39, 0.29) is 11.1 Å². The third kappa shape index (κ3) is 10.8. The van der Waals surface area contributed by atoms with Crippen LogP contribution in [0.4, 0.5) is 13.2 Å². The summed E-state index contributed by atoms with van der Waals surface area (Å²) in [6, 6.07) is 28.6. The van der Waals surface area contributed by atoms with Crippen LogP contribution in [0.2, 0.25) is 0 Å². The summed E-state index contributed by atoms with van der Waals surface area (Å²) in [7, 11) is 0. The van der Waals surface area contributed by atoms with E-state index >= 15 is 0 Å². The molecule has 5 heteroatoms. The number of aryl methyl sites for hydroxylation is 10. The van der Waals surface area contributed by atoms with Crippen molar-refractivity contribution in [1.29, 1.82) is 0 Å². The van der Waals surface area contributed by atoms with Crippen LogP contribution in [0.5, 0.6) is 17.2 Å². The Balaban J connectivity index is 0.000000189. The van der Waals surface area contributed by atoms with Crippen LogP contribution in [-0.4, -0.2) is 6.18 Å². The molecule has 0 saturated carbocycles. The van der Waals surface area contributed by atoms with Crippen LogP contribution in [0.15, 0.2) is 115 Å². The summed E-state index contributed by atoms with van der Waals surface area (Å²) in [5.41, 5.74) is 9.95. The van der Waals surface area contributed by atoms with Gasteiger partial charge in [0, 0.05) is 0 Å². The molecule has 6 rings (SSSR count). The maximum atomic E-state index is 13.9. The first-order valence-corrected chi connectivity index (χ1v) is 19.4. The lowest BCUT2D eigenvalue weighted by Crippen LogP contribution is -2.40. The standard InChI is InChI=1S/C19H21F3.C16H20O.C16H18O/c1-12-6-8-16(10-14(12)3)18(5,19(20,21)22)17-9-7-13(2)15(4)11-17;2*1-11-5-7-15(9-13(11)3)17-16-8-6-12(2)14(4)10-16/h6-11H,1-5H3;5-11,13H,1-4H3;5-10H,1-4H3. The average molecular weight is 761 g/mol. The van der Waals surface area contributed by atoms with Crippen molar-refractivity contribution in [1.82, 2.24) is 0 Å². The van der Waals surface area contributed by atoms with E-state index in [0.717, 1.165) is 45.3 Å². The van der Waals surface area contributed by atoms with Crippen LogP contribution >= 0.6 is 0 Å². The minimum absolute atomic E-state index is 0.284. The van der Waals surface area contributed by atoms with E-state index in [9.17, 15) is 13.2 Å². The lowest BCUT2D eigenvalue weighted by Gasteiger charge is -2.34. The fourth-order valence-electron chi connectivity index (χ4n) is 6.16. The minimum Gasteiger partial charge on any atom is -0.458 e. The first-order chi connectivity index (χ1) is 26.2. The summed E-state index contributed by atoms with van der Waals surface area (Å²) in [4.78, 5) is 0. The maximum Gasteiger partial charge on any atom is 0.402 e. The van der Waals surface area contributed by atoms with Gasteiger partial charge in [0.2, 0.25) is 0 Å². The molecule has 0 aliphatic heterocycles. The number of allylic oxidation sites excluding steroid dienone is 3. The molecule has 5 aromatic carbocycles. The van der Waals surface area contributed by atoms with Gasteiger partial charge in [-0.05, 0) is 203 Å². The fraction of sp³-hybridized carbons (Fsp3) is 0.333. The monoisotopic (exact) mass is 760 g/mol. The maximum absolute atomic E-state index is 13.9. The molecule has 0 spiro atoms. The van der Waals surface area contributed by atoms with Crippen molar-refractivity contribution in [3.8, 4) is 17.2 Å². The number of halogens is 3. The summed E-state index contributed by atoms with van der Waals surface area (Å²) in [5.74, 6) is 4.82. The summed E-state index contributed by atoms with van der Waals surface area (Å²) >= 11 is 0. The Morgan fingerprint density at radius 2 is 0.768 bits per heavy atom. The molecule has 0 N–H and O–H groups in total. The highest BCUT2D eigenvalue weighted by molar-refractivity contribution is 5.46. The van der Waals surface area contributed by atoms with Crippen LogP contribution in [-0.2, 0) is 5.41 Å². The Morgan fingerprint density at radius 1 is 0.429 bits per heavy atom. The SMILES string of the molecule is Cc1ccc(C(C)(c2ccc(C)c(C)c2)C(F)(F)F)cc1C.Cc1ccc(OC2=CC(C)C(C)C=C2)cc1C.Cc1ccc(Oc2ccc(C)c(C)c2)cc1C. The van der Waals surface area contributed by atoms with Crippen molar-refractivity contribution in [3.63, 3.8) is 0 Å². The van der Waals surface area contributed by atoms with Gasteiger partial charge in [-0.1, -0.05) is 74.5 Å². The van der Waals surface area contributed by atoms with Gasteiger partial charge in [0.15, 0.2) is 0 Å². The number of hydrogen-bond donors (Lipinski definition) is 0. The molecule has 0 fully saturated rings. The van der Waals surface area contributed by atoms with Crippen molar-refractivity contribution in [2.45, 2.75) is 102 Å². The number of hydrogen-bond acceptors (Lipinski definition) is 2. The van der Waals surface area contributed by atoms with E-state index in [4.69, 9.17) is 9.47 Å². The smallest absolute Gasteiger partial charge is 0.402 e. The fourth-order valence-corrected chi connectivity index (χ4v) is 6.16. The van der Waals surface area contributed by atoms with E-state index in [1.165, 1.54) is 40.3 Å². The van der Waals surface area contributed by atoms with Crippen LogP contribution in [0, 0.1) is 81.1 Å². The Morgan fingerprint density at radius 3 is 1.09 bits per heavy atom. The van der Waals surface area contributed by atoms with E-state index in [0.29, 0.717) is 11.8 Å². The molecular weight excluding hydrogens is 702 g/mol. The molecule has 0 radical (unpaired) electrons. The molecule has 56 heavy (non-hydrogen) atoms. The molecule has 0 heterocycles. The molecule has 296 valence electrons. The Bertz CT molecular complexity index is 2100. The number of alkyl halides is 3. The zero-order valence-electron chi connectivity index (χ0n) is 35.5. The zero-order chi connectivity index (χ0) is 41.5. The molecule has 1 aliphatic rings. The highest BCUT2D eigenvalue weighted by atomic mass is 19.4. The van der Waals surface area contributed by atoms with Crippen molar-refractivity contribution in [3.05, 3.63) is 182 Å². The lowest BCUT2D eigenvalue weighted by atomic mass is 9.74. The highest BCUT2D eigenvalue weighted by Crippen LogP contribution is 2.46. The van der Waals surface area contributed by atoms with Gasteiger partial charge in [-0.2, -0.15) is 13.2 Å². The molecule has 1 aliphatic carbocycles. The summed E-state index contributed by atoms with van der Waals surface area (Å²) in [5, 5.41) is 0. The zero-order valence-corrected chi connectivity index (χ0v) is 35.5. The van der Waals surface area contributed by atoms with E-state index in [1.807, 2.05) is 45.9 Å². The van der Waals surface area contributed by atoms with Crippen molar-refractivity contribution in [2.75, 3.05) is 0 Å². The topological polar surface area (TPSA) is 18.5 Å². The summed E-state index contributed by atoms with van der Waals surface area (Å²) in [6.07, 6.45) is 2.11. The molecule has 2 atom stereocenters. The van der Waals surface area contributed by atoms with E-state index in [1.54, 1.807) is 36.4 Å². The quantitative estimate of drug-likeness (QED) is 0.172. The van der Waals surface area contributed by atoms with Gasteiger partial charge >= 0.3 is 6.18 Å². The van der Waals surface area contributed by atoms with E-state index < -0.39 is 11.6 Å². The second kappa shape index (κ2) is 18.3. The van der Waals surface area contributed by atoms with Crippen LogP contribution in [0.3, 0.4) is 0 Å². The Labute approximate surface area is 334 Å². The number of rotatable bonds is 6. The van der Waals surface area contributed by atoms with Gasteiger partial charge in [-0.3, -0.25) is 0 Å². The van der Waals surface area contributed by atoms with Crippen LogP contribution < -0.4 is 9.47 Å². The van der Waals surface area contributed by atoms with Gasteiger partial charge in [0.25, 0.3) is 0 Å². The predicted molar refractivity (Wildman–Crippen MR) is 228 cm³/mol. The molecule has 5 aromatic rings. The largest absolute Gasteiger partial charge is 0.458 e. The van der Waals surface area contributed by atoms with Crippen LogP contribution in [0.1, 0.15) is 87.5 Å². The number of ether oxygens (including phenoxy) is 2. The average Bonchev–Trinajstić information content (AvgIpc) is 3.13. The van der Waals surface area contributed by atoms with Gasteiger partial charge in [0.05, 0.1) is 0 Å². The third-order valence-corrected chi connectivity index (χ3v) is 11.5. The molecule has 2 nitrogen and oxygen atoms in total. The van der Waals surface area contributed by atoms with Gasteiger partial charge < -0.3 is 9.47 Å². The van der Waals surface area contributed by atoms with Gasteiger partial charge in [-0.25, -0.2) is 0 Å². The molecular formula is C51H59F3O2. The van der Waals surface area contributed by atoms with E-state index in [2.05, 4.69) is 110 Å². The normalized spacial score (nSPS) is 15.2. The Kier molecular flexibility index (Phi) is 14.3. The van der Waals surface area contributed by atoms with Crippen molar-refractivity contribution < 1.29 is 22.6 Å². The van der Waals surface area contributed by atoms with Crippen molar-refractivity contribution in [2.24, 2.45) is 11.8 Å². The number of benzene rings is 5. The highest BCUT2D eigenvalue weighted by Gasteiger charge is 2.53. The van der Waals surface area contributed by atoms with Crippen molar-refractivity contribution >= 4 is 0 Å². The van der Waals surface area contributed by atoms with Gasteiger partial charge in [-0.15, -0.1) is 0 Å². The minimum atomic E-state index is -4.36. The summed E-state index contributed by atoms with van der Waals surface area (Å²) in [6.45, 7) is 25.8. The molecule has 0 amide bonds. The Hall–Kier alpha value is -5.03. The first kappa shape index (κ1) is 43.7. The second-order valence-corrected chi connectivity index (χ2v) is 15.8. The molecule has 2 unspecified atom stereocenters. The second-order valence-electron chi connectivity index (χ2n) is 15.8. The third-order valence-electron chi connectivity index (χ3n) is 11.5. The molecule has 0 aromatic heterocycles. The predicted octanol–water partition coefficient (Wildman–Crippen LogP) is 14.9. The lowest BCUT2D eigenvalue weighted by molar-refractivity contribution is -0.173.